The summed E-state index contributed by atoms with van der Waals surface area (Å²) in [4.78, 5) is 2.11. The van der Waals surface area contributed by atoms with Gasteiger partial charge in [0.2, 0.25) is 0 Å². The molecule has 0 saturated heterocycles. The van der Waals surface area contributed by atoms with Gasteiger partial charge in [0, 0.05) is 31.8 Å². The quantitative estimate of drug-likeness (QED) is 0.774. The Hall–Kier alpha value is -1.49. The minimum absolute atomic E-state index is 0.204. The van der Waals surface area contributed by atoms with E-state index >= 15 is 0 Å². The molecule has 1 unspecified atom stereocenters. The number of anilines is 2. The van der Waals surface area contributed by atoms with Crippen LogP contribution in [0.2, 0.25) is 0 Å². The molecule has 0 fully saturated rings. The van der Waals surface area contributed by atoms with Crippen LogP contribution in [0, 0.1) is 5.82 Å². The van der Waals surface area contributed by atoms with Gasteiger partial charge in [-0.2, -0.15) is 0 Å². The normalized spacial score (nSPS) is 12.3. The number of benzene rings is 1. The van der Waals surface area contributed by atoms with Crippen LogP contribution < -0.4 is 15.4 Å². The van der Waals surface area contributed by atoms with Gasteiger partial charge in [-0.3, -0.25) is 0 Å². The zero-order valence-electron chi connectivity index (χ0n) is 12.1. The van der Waals surface area contributed by atoms with Crippen molar-refractivity contribution < 1.29 is 13.9 Å². The van der Waals surface area contributed by atoms with Crippen molar-refractivity contribution in [1.29, 1.82) is 0 Å². The van der Waals surface area contributed by atoms with E-state index in [1.807, 2.05) is 0 Å². The number of rotatable bonds is 7. The van der Waals surface area contributed by atoms with E-state index in [4.69, 9.17) is 15.2 Å². The number of nitrogen functional groups attached to an aromatic ring is 1. The molecule has 0 aromatic heterocycles. The molecule has 0 bridgehead atoms. The van der Waals surface area contributed by atoms with Gasteiger partial charge >= 0.3 is 0 Å². The molecule has 1 atom stereocenters. The highest BCUT2D eigenvalue weighted by Crippen LogP contribution is 2.32. The lowest BCUT2D eigenvalue weighted by molar-refractivity contribution is 0.203. The Kier molecular flexibility index (Phi) is 5.89. The average Bonchev–Trinajstić information content (AvgIpc) is 2.40. The number of methoxy groups -OCH3 is 2. The molecule has 5 heteroatoms. The van der Waals surface area contributed by atoms with Crippen molar-refractivity contribution in [2.24, 2.45) is 0 Å². The molecule has 0 amide bonds. The highest BCUT2D eigenvalue weighted by Gasteiger charge is 2.18. The molecule has 0 radical (unpaired) electrons. The van der Waals surface area contributed by atoms with Gasteiger partial charge in [-0.15, -0.1) is 0 Å². The fourth-order valence-corrected chi connectivity index (χ4v) is 1.95. The monoisotopic (exact) mass is 270 g/mol. The minimum Gasteiger partial charge on any atom is -0.494 e. The van der Waals surface area contributed by atoms with Gasteiger partial charge in [0.15, 0.2) is 11.6 Å². The van der Waals surface area contributed by atoms with Crippen LogP contribution in [0.4, 0.5) is 15.8 Å². The molecule has 1 rings (SSSR count). The smallest absolute Gasteiger partial charge is 0.167 e. The topological polar surface area (TPSA) is 47.7 Å². The van der Waals surface area contributed by atoms with E-state index < -0.39 is 5.82 Å². The molecule has 0 spiro atoms. The zero-order valence-corrected chi connectivity index (χ0v) is 12.1. The maximum Gasteiger partial charge on any atom is 0.167 e. The maximum absolute atomic E-state index is 13.6. The second kappa shape index (κ2) is 7.19. The van der Waals surface area contributed by atoms with Crippen LogP contribution in [0.15, 0.2) is 12.1 Å². The molecule has 1 aromatic rings. The van der Waals surface area contributed by atoms with Crippen LogP contribution >= 0.6 is 0 Å². The Morgan fingerprint density at radius 2 is 2.05 bits per heavy atom. The summed E-state index contributed by atoms with van der Waals surface area (Å²) < 4.78 is 23.7. The molecule has 0 aliphatic heterocycles. The highest BCUT2D eigenvalue weighted by atomic mass is 19.1. The largest absolute Gasteiger partial charge is 0.494 e. The van der Waals surface area contributed by atoms with E-state index in [0.29, 0.717) is 18.8 Å². The summed E-state index contributed by atoms with van der Waals surface area (Å²) in [6.45, 7) is 5.49. The second-order valence-corrected chi connectivity index (χ2v) is 4.49. The standard InChI is InChI=1S/C14H23FN2O2/c1-5-10(2)17(6-7-18-3)13-9-14(19-4)11(15)8-12(13)16/h8-10H,5-7,16H2,1-4H3. The van der Waals surface area contributed by atoms with E-state index in [1.54, 1.807) is 13.2 Å². The summed E-state index contributed by atoms with van der Waals surface area (Å²) in [5.74, 6) is -0.241. The van der Waals surface area contributed by atoms with Gasteiger partial charge in [-0.25, -0.2) is 4.39 Å². The van der Waals surface area contributed by atoms with Gasteiger partial charge in [0.25, 0.3) is 0 Å². The lowest BCUT2D eigenvalue weighted by Gasteiger charge is -2.32. The van der Waals surface area contributed by atoms with E-state index in [-0.39, 0.29) is 11.8 Å². The zero-order chi connectivity index (χ0) is 14.4. The number of nitrogens with two attached hydrogens (primary N) is 1. The molecule has 1 aromatic carbocycles. The molecule has 19 heavy (non-hydrogen) atoms. The molecule has 0 aliphatic carbocycles. The van der Waals surface area contributed by atoms with Crippen LogP contribution in [0.3, 0.4) is 0 Å². The minimum atomic E-state index is -0.445. The van der Waals surface area contributed by atoms with Gasteiger partial charge in [0.1, 0.15) is 0 Å². The molecular weight excluding hydrogens is 247 g/mol. The highest BCUT2D eigenvalue weighted by molar-refractivity contribution is 5.70. The van der Waals surface area contributed by atoms with Crippen molar-refractivity contribution in [3.05, 3.63) is 17.9 Å². The number of halogens is 1. The number of hydrogen-bond acceptors (Lipinski definition) is 4. The fraction of sp³-hybridized carbons (Fsp3) is 0.571. The molecule has 2 N–H and O–H groups in total. The Bertz CT molecular complexity index is 413. The lowest BCUT2D eigenvalue weighted by atomic mass is 10.1. The number of nitrogens with zero attached hydrogens (tertiary/aromatic N) is 1. The lowest BCUT2D eigenvalue weighted by Crippen LogP contribution is -2.36. The van der Waals surface area contributed by atoms with Crippen molar-refractivity contribution in [3.8, 4) is 5.75 Å². The molecule has 0 heterocycles. The van der Waals surface area contributed by atoms with Gasteiger partial charge in [-0.05, 0) is 13.3 Å². The maximum atomic E-state index is 13.6. The average molecular weight is 270 g/mol. The van der Waals surface area contributed by atoms with E-state index in [2.05, 4.69) is 18.7 Å². The third-order valence-electron chi connectivity index (χ3n) is 3.27. The number of ether oxygens (including phenoxy) is 2. The predicted molar refractivity (Wildman–Crippen MR) is 76.3 cm³/mol. The number of hydrogen-bond donors (Lipinski definition) is 1. The summed E-state index contributed by atoms with van der Waals surface area (Å²) in [5, 5.41) is 0. The van der Waals surface area contributed by atoms with Crippen LogP contribution in [-0.2, 0) is 4.74 Å². The third-order valence-corrected chi connectivity index (χ3v) is 3.27. The first kappa shape index (κ1) is 15.6. The Morgan fingerprint density at radius 3 is 2.58 bits per heavy atom. The van der Waals surface area contributed by atoms with Gasteiger partial charge in [-0.1, -0.05) is 6.92 Å². The Labute approximate surface area is 114 Å². The van der Waals surface area contributed by atoms with Crippen molar-refractivity contribution in [1.82, 2.24) is 0 Å². The van der Waals surface area contributed by atoms with Gasteiger partial charge < -0.3 is 20.1 Å². The summed E-state index contributed by atoms with van der Waals surface area (Å²) in [6, 6.07) is 3.23. The van der Waals surface area contributed by atoms with Crippen LogP contribution in [0.5, 0.6) is 5.75 Å². The van der Waals surface area contributed by atoms with Crippen molar-refractivity contribution >= 4 is 11.4 Å². The first-order chi connectivity index (χ1) is 9.04. The summed E-state index contributed by atoms with van der Waals surface area (Å²) >= 11 is 0. The molecular formula is C14H23FN2O2. The molecule has 108 valence electrons. The summed E-state index contributed by atoms with van der Waals surface area (Å²) in [6.07, 6.45) is 0.961. The van der Waals surface area contributed by atoms with Gasteiger partial charge in [0.05, 0.1) is 25.1 Å². The summed E-state index contributed by atoms with van der Waals surface area (Å²) in [5.41, 5.74) is 7.13. The van der Waals surface area contributed by atoms with E-state index in [9.17, 15) is 4.39 Å². The van der Waals surface area contributed by atoms with Crippen molar-refractivity contribution in [3.63, 3.8) is 0 Å². The second-order valence-electron chi connectivity index (χ2n) is 4.49. The Morgan fingerprint density at radius 1 is 1.37 bits per heavy atom. The molecule has 0 saturated carbocycles. The Balaban J connectivity index is 3.13. The van der Waals surface area contributed by atoms with Crippen LogP contribution in [-0.4, -0.2) is 33.4 Å². The van der Waals surface area contributed by atoms with E-state index in [1.165, 1.54) is 13.2 Å². The predicted octanol–water partition coefficient (Wildman–Crippen LogP) is 2.67. The fourth-order valence-electron chi connectivity index (χ4n) is 1.95. The first-order valence-electron chi connectivity index (χ1n) is 6.43. The van der Waals surface area contributed by atoms with Crippen molar-refractivity contribution in [2.45, 2.75) is 26.3 Å². The SMILES string of the molecule is CCC(C)N(CCOC)c1cc(OC)c(F)cc1N. The van der Waals surface area contributed by atoms with Crippen LogP contribution in [0.25, 0.3) is 0 Å². The molecule has 0 aliphatic rings. The van der Waals surface area contributed by atoms with Crippen molar-refractivity contribution in [2.75, 3.05) is 38.0 Å². The van der Waals surface area contributed by atoms with Crippen LogP contribution in [0.1, 0.15) is 20.3 Å². The first-order valence-corrected chi connectivity index (χ1v) is 6.43. The molecule has 4 nitrogen and oxygen atoms in total. The van der Waals surface area contributed by atoms with E-state index in [0.717, 1.165) is 12.1 Å². The third kappa shape index (κ3) is 3.73. The summed E-state index contributed by atoms with van der Waals surface area (Å²) in [7, 11) is 3.10.